The van der Waals surface area contributed by atoms with Crippen LogP contribution in [0.4, 0.5) is 4.79 Å². The molecule has 0 bridgehead atoms. The number of urea groups is 1. The summed E-state index contributed by atoms with van der Waals surface area (Å²) in [6, 6.07) is -0.442. The zero-order chi connectivity index (χ0) is 14.3. The normalized spacial score (nSPS) is 19.3. The molecule has 0 spiro atoms. The Kier molecular flexibility index (Phi) is 6.62. The second-order valence-corrected chi connectivity index (χ2v) is 5.17. The van der Waals surface area contributed by atoms with Gasteiger partial charge in [0, 0.05) is 33.3 Å². The third-order valence-corrected chi connectivity index (χ3v) is 3.61. The lowest BCUT2D eigenvalue weighted by molar-refractivity contribution is -0.135. The van der Waals surface area contributed by atoms with Crippen LogP contribution in [0.15, 0.2) is 0 Å². The number of primary amides is 1. The maximum Gasteiger partial charge on any atom is 0.314 e. The molecular weight excluding hydrogens is 246 g/mol. The van der Waals surface area contributed by atoms with Crippen molar-refractivity contribution in [1.29, 1.82) is 0 Å². The van der Waals surface area contributed by atoms with E-state index in [0.717, 1.165) is 32.1 Å². The average molecular weight is 271 g/mol. The molecule has 3 amide bonds. The molecule has 1 saturated heterocycles. The number of nitrogens with zero attached hydrogens (tertiary/aromatic N) is 2. The Bertz CT molecular complexity index is 310. The summed E-state index contributed by atoms with van der Waals surface area (Å²) in [6.45, 7) is 1.99. The van der Waals surface area contributed by atoms with Crippen LogP contribution in [-0.2, 0) is 4.79 Å². The Balaban J connectivity index is 2.36. The molecule has 1 aliphatic heterocycles. The number of aliphatic hydroxyl groups excluding tert-OH is 1. The van der Waals surface area contributed by atoms with Crippen LogP contribution in [0.2, 0.25) is 0 Å². The molecule has 0 aromatic heterocycles. The fourth-order valence-electron chi connectivity index (χ4n) is 2.44. The monoisotopic (exact) mass is 271 g/mol. The standard InChI is InChI=1S/C13H25N3O3/c1-15(7-3-2-4-9-17)12(18)11-6-5-8-16(10-11)13(14)19/h11,17H,2-10H2,1H3,(H2,14,19). The van der Waals surface area contributed by atoms with Gasteiger partial charge in [0.2, 0.25) is 5.91 Å². The van der Waals surface area contributed by atoms with Crippen molar-refractivity contribution in [1.82, 2.24) is 9.80 Å². The maximum atomic E-state index is 12.2. The molecule has 1 heterocycles. The van der Waals surface area contributed by atoms with Gasteiger partial charge in [0.15, 0.2) is 0 Å². The van der Waals surface area contributed by atoms with Gasteiger partial charge < -0.3 is 20.6 Å². The van der Waals surface area contributed by atoms with Crippen molar-refractivity contribution in [3.63, 3.8) is 0 Å². The summed E-state index contributed by atoms with van der Waals surface area (Å²) in [5.41, 5.74) is 5.26. The molecule has 1 unspecified atom stereocenters. The highest BCUT2D eigenvalue weighted by molar-refractivity contribution is 5.80. The predicted octanol–water partition coefficient (Wildman–Crippen LogP) is 0.398. The van der Waals surface area contributed by atoms with Gasteiger partial charge in [0.1, 0.15) is 0 Å². The number of carbonyl (C=O) groups excluding carboxylic acids is 2. The largest absolute Gasteiger partial charge is 0.396 e. The highest BCUT2D eigenvalue weighted by Crippen LogP contribution is 2.18. The molecule has 19 heavy (non-hydrogen) atoms. The zero-order valence-electron chi connectivity index (χ0n) is 11.7. The molecule has 0 aromatic rings. The topological polar surface area (TPSA) is 86.9 Å². The van der Waals surface area contributed by atoms with Gasteiger partial charge in [-0.15, -0.1) is 0 Å². The first-order valence-corrected chi connectivity index (χ1v) is 6.96. The van der Waals surface area contributed by atoms with Crippen molar-refractivity contribution >= 4 is 11.9 Å². The van der Waals surface area contributed by atoms with Crippen LogP contribution < -0.4 is 5.73 Å². The summed E-state index contributed by atoms with van der Waals surface area (Å²) >= 11 is 0. The zero-order valence-corrected chi connectivity index (χ0v) is 11.7. The highest BCUT2D eigenvalue weighted by atomic mass is 16.3. The Hall–Kier alpha value is -1.30. The molecule has 1 aliphatic rings. The van der Waals surface area contributed by atoms with Crippen molar-refractivity contribution in [2.75, 3.05) is 33.3 Å². The van der Waals surface area contributed by atoms with Crippen molar-refractivity contribution in [3.8, 4) is 0 Å². The molecular formula is C13H25N3O3. The maximum absolute atomic E-state index is 12.2. The predicted molar refractivity (Wildman–Crippen MR) is 72.5 cm³/mol. The number of unbranched alkanes of at least 4 members (excludes halogenated alkanes) is 2. The van der Waals surface area contributed by atoms with Gasteiger partial charge in [-0.05, 0) is 32.1 Å². The third kappa shape index (κ3) is 5.06. The van der Waals surface area contributed by atoms with Crippen molar-refractivity contribution < 1.29 is 14.7 Å². The first-order valence-electron chi connectivity index (χ1n) is 6.96. The third-order valence-electron chi connectivity index (χ3n) is 3.61. The number of amides is 3. The van der Waals surface area contributed by atoms with E-state index in [-0.39, 0.29) is 18.4 Å². The van der Waals surface area contributed by atoms with Crippen LogP contribution >= 0.6 is 0 Å². The SMILES string of the molecule is CN(CCCCCO)C(=O)C1CCCN(C(N)=O)C1. The minimum Gasteiger partial charge on any atom is -0.396 e. The first kappa shape index (κ1) is 15.8. The quantitative estimate of drug-likeness (QED) is 0.685. The minimum atomic E-state index is -0.442. The number of hydrogen-bond acceptors (Lipinski definition) is 3. The Morgan fingerprint density at radius 1 is 1.37 bits per heavy atom. The lowest BCUT2D eigenvalue weighted by Gasteiger charge is -2.33. The highest BCUT2D eigenvalue weighted by Gasteiger charge is 2.29. The fourth-order valence-corrected chi connectivity index (χ4v) is 2.44. The number of likely N-dealkylation sites (tertiary alicyclic amines) is 1. The van der Waals surface area contributed by atoms with E-state index in [2.05, 4.69) is 0 Å². The molecule has 6 heteroatoms. The number of hydrogen-bond donors (Lipinski definition) is 2. The lowest BCUT2D eigenvalue weighted by atomic mass is 9.97. The van der Waals surface area contributed by atoms with Gasteiger partial charge in [-0.25, -0.2) is 4.79 Å². The van der Waals surface area contributed by atoms with Crippen LogP contribution in [0.3, 0.4) is 0 Å². The molecule has 0 aromatic carbocycles. The second-order valence-electron chi connectivity index (χ2n) is 5.17. The van der Waals surface area contributed by atoms with E-state index >= 15 is 0 Å². The van der Waals surface area contributed by atoms with Gasteiger partial charge in [-0.2, -0.15) is 0 Å². The lowest BCUT2D eigenvalue weighted by Crippen LogP contribution is -2.47. The molecule has 1 rings (SSSR count). The van der Waals surface area contributed by atoms with E-state index in [0.29, 0.717) is 19.6 Å². The Morgan fingerprint density at radius 2 is 2.11 bits per heavy atom. The summed E-state index contributed by atoms with van der Waals surface area (Å²) < 4.78 is 0. The molecule has 1 fully saturated rings. The molecule has 6 nitrogen and oxygen atoms in total. The Labute approximate surface area is 114 Å². The van der Waals surface area contributed by atoms with E-state index in [9.17, 15) is 9.59 Å². The van der Waals surface area contributed by atoms with Crippen LogP contribution in [0.5, 0.6) is 0 Å². The second kappa shape index (κ2) is 7.99. The van der Waals surface area contributed by atoms with Crippen LogP contribution in [0, 0.1) is 5.92 Å². The molecule has 0 saturated carbocycles. The van der Waals surface area contributed by atoms with Crippen molar-refractivity contribution in [2.45, 2.75) is 32.1 Å². The van der Waals surface area contributed by atoms with E-state index in [1.165, 1.54) is 0 Å². The van der Waals surface area contributed by atoms with Crippen LogP contribution in [0.1, 0.15) is 32.1 Å². The Morgan fingerprint density at radius 3 is 2.74 bits per heavy atom. The molecule has 1 atom stereocenters. The van der Waals surface area contributed by atoms with Gasteiger partial charge in [0.25, 0.3) is 0 Å². The average Bonchev–Trinajstić information content (AvgIpc) is 2.42. The van der Waals surface area contributed by atoms with E-state index < -0.39 is 6.03 Å². The summed E-state index contributed by atoms with van der Waals surface area (Å²) in [6.07, 6.45) is 4.25. The van der Waals surface area contributed by atoms with Gasteiger partial charge in [-0.3, -0.25) is 4.79 Å². The number of aliphatic hydroxyl groups is 1. The minimum absolute atomic E-state index is 0.0925. The van der Waals surface area contributed by atoms with Crippen molar-refractivity contribution in [2.24, 2.45) is 11.7 Å². The number of rotatable bonds is 6. The number of piperidine rings is 1. The van der Waals surface area contributed by atoms with E-state index in [1.54, 1.807) is 16.8 Å². The smallest absolute Gasteiger partial charge is 0.314 e. The van der Waals surface area contributed by atoms with Crippen molar-refractivity contribution in [3.05, 3.63) is 0 Å². The molecule has 110 valence electrons. The molecule has 0 aliphatic carbocycles. The van der Waals surface area contributed by atoms with E-state index in [4.69, 9.17) is 10.8 Å². The first-order chi connectivity index (χ1) is 9.06. The molecule has 3 N–H and O–H groups in total. The number of carbonyl (C=O) groups is 2. The summed E-state index contributed by atoms with van der Waals surface area (Å²) in [5, 5.41) is 8.70. The van der Waals surface area contributed by atoms with Crippen LogP contribution in [0.25, 0.3) is 0 Å². The van der Waals surface area contributed by atoms with E-state index in [1.807, 2.05) is 0 Å². The summed E-state index contributed by atoms with van der Waals surface area (Å²) in [4.78, 5) is 26.6. The van der Waals surface area contributed by atoms with Gasteiger partial charge >= 0.3 is 6.03 Å². The van der Waals surface area contributed by atoms with Gasteiger partial charge in [-0.1, -0.05) is 0 Å². The summed E-state index contributed by atoms with van der Waals surface area (Å²) in [5.74, 6) is -0.0287. The van der Waals surface area contributed by atoms with Crippen LogP contribution in [-0.4, -0.2) is 60.1 Å². The van der Waals surface area contributed by atoms with Gasteiger partial charge in [0.05, 0.1) is 5.92 Å². The fraction of sp³-hybridized carbons (Fsp3) is 0.846. The number of nitrogens with two attached hydrogens (primary N) is 1. The molecule has 0 radical (unpaired) electrons. The summed E-state index contributed by atoms with van der Waals surface area (Å²) in [7, 11) is 1.80.